The van der Waals surface area contributed by atoms with E-state index in [0.29, 0.717) is 0 Å². The van der Waals surface area contributed by atoms with Crippen molar-refractivity contribution in [2.45, 2.75) is 37.9 Å². The summed E-state index contributed by atoms with van der Waals surface area (Å²) in [6.07, 6.45) is 5.94. The normalized spacial score (nSPS) is 22.1. The Morgan fingerprint density at radius 1 is 1.38 bits per heavy atom. The third-order valence-corrected chi connectivity index (χ3v) is 2.98. The summed E-state index contributed by atoms with van der Waals surface area (Å²) in [6, 6.07) is 0. The zero-order valence-corrected chi connectivity index (χ0v) is 6.34. The molecule has 0 radical (unpaired) electrons. The molecule has 1 saturated carbocycles. The first-order chi connectivity index (χ1) is 3.93. The topological polar surface area (TPSA) is 0 Å². The van der Waals surface area contributed by atoms with Crippen molar-refractivity contribution in [1.82, 2.24) is 0 Å². The van der Waals surface area contributed by atoms with Crippen LogP contribution in [0.3, 0.4) is 0 Å². The Morgan fingerprint density at radius 3 is 2.50 bits per heavy atom. The highest BCUT2D eigenvalue weighted by atomic mass is 32.2. The van der Waals surface area contributed by atoms with Crippen molar-refractivity contribution in [1.29, 1.82) is 0 Å². The average molecular weight is 130 g/mol. The van der Waals surface area contributed by atoms with E-state index in [2.05, 4.69) is 18.7 Å². The van der Waals surface area contributed by atoms with E-state index < -0.39 is 0 Å². The standard InChI is InChI=1S/C7H14S/c1-2-8-7-5-3-4-6-7/h7H,2-6H2,1H3. The molecule has 48 valence electrons. The molecule has 0 aromatic carbocycles. The van der Waals surface area contributed by atoms with E-state index in [0.717, 1.165) is 5.25 Å². The van der Waals surface area contributed by atoms with Gasteiger partial charge in [0.25, 0.3) is 0 Å². The van der Waals surface area contributed by atoms with Crippen molar-refractivity contribution in [3.05, 3.63) is 0 Å². The lowest BCUT2D eigenvalue weighted by molar-refractivity contribution is 0.886. The van der Waals surface area contributed by atoms with E-state index in [9.17, 15) is 0 Å². The lowest BCUT2D eigenvalue weighted by Crippen LogP contribution is -1.92. The molecule has 0 amide bonds. The van der Waals surface area contributed by atoms with Gasteiger partial charge in [-0.1, -0.05) is 19.8 Å². The summed E-state index contributed by atoms with van der Waals surface area (Å²) in [7, 11) is 0. The zero-order valence-electron chi connectivity index (χ0n) is 5.52. The Hall–Kier alpha value is 0.350. The maximum absolute atomic E-state index is 2.25. The van der Waals surface area contributed by atoms with Crippen LogP contribution in [0.25, 0.3) is 0 Å². The molecule has 0 nitrogen and oxygen atoms in total. The van der Waals surface area contributed by atoms with E-state index in [4.69, 9.17) is 0 Å². The highest BCUT2D eigenvalue weighted by Crippen LogP contribution is 2.28. The van der Waals surface area contributed by atoms with Gasteiger partial charge >= 0.3 is 0 Å². The maximum atomic E-state index is 2.25. The van der Waals surface area contributed by atoms with Gasteiger partial charge < -0.3 is 0 Å². The van der Waals surface area contributed by atoms with Gasteiger partial charge in [0, 0.05) is 5.25 Å². The van der Waals surface area contributed by atoms with Gasteiger partial charge in [-0.05, 0) is 18.6 Å². The molecule has 1 aliphatic rings. The number of thioether (sulfide) groups is 1. The van der Waals surface area contributed by atoms with Crippen molar-refractivity contribution < 1.29 is 0 Å². The molecule has 0 saturated heterocycles. The second-order valence-corrected chi connectivity index (χ2v) is 3.94. The van der Waals surface area contributed by atoms with Crippen LogP contribution >= 0.6 is 11.8 Å². The third-order valence-electron chi connectivity index (χ3n) is 1.70. The minimum atomic E-state index is 1.03. The number of hydrogen-bond donors (Lipinski definition) is 0. The van der Waals surface area contributed by atoms with Crippen LogP contribution in [0.2, 0.25) is 0 Å². The number of rotatable bonds is 2. The van der Waals surface area contributed by atoms with Crippen molar-refractivity contribution in [2.24, 2.45) is 0 Å². The second-order valence-electron chi connectivity index (χ2n) is 2.36. The first-order valence-corrected chi connectivity index (χ1v) is 4.60. The third kappa shape index (κ3) is 1.70. The lowest BCUT2D eigenvalue weighted by atomic mass is 10.4. The zero-order chi connectivity index (χ0) is 5.82. The first kappa shape index (κ1) is 6.47. The smallest absolute Gasteiger partial charge is 0.00469 e. The molecular weight excluding hydrogens is 116 g/mol. The molecule has 1 rings (SSSR count). The quantitative estimate of drug-likeness (QED) is 0.554. The fourth-order valence-corrected chi connectivity index (χ4v) is 2.43. The molecule has 1 aliphatic carbocycles. The van der Waals surface area contributed by atoms with Crippen LogP contribution in [0.5, 0.6) is 0 Å². The van der Waals surface area contributed by atoms with Crippen LogP contribution in [0.4, 0.5) is 0 Å². The Balaban J connectivity index is 2.06. The summed E-state index contributed by atoms with van der Waals surface area (Å²) in [5, 5.41) is 1.03. The van der Waals surface area contributed by atoms with Crippen LogP contribution in [0.1, 0.15) is 32.6 Å². The molecule has 0 unspecified atom stereocenters. The highest BCUT2D eigenvalue weighted by molar-refractivity contribution is 7.99. The van der Waals surface area contributed by atoms with Crippen LogP contribution in [-0.4, -0.2) is 11.0 Å². The fourth-order valence-electron chi connectivity index (χ4n) is 1.29. The SMILES string of the molecule is CCSC1CCCC1. The second kappa shape index (κ2) is 3.39. The average Bonchev–Trinajstić information content (AvgIpc) is 2.19. The largest absolute Gasteiger partial charge is 0.159 e. The molecule has 0 N–H and O–H groups in total. The van der Waals surface area contributed by atoms with Gasteiger partial charge in [0.1, 0.15) is 0 Å². The lowest BCUT2D eigenvalue weighted by Gasteiger charge is -2.03. The van der Waals surface area contributed by atoms with Crippen molar-refractivity contribution in [2.75, 3.05) is 5.75 Å². The summed E-state index contributed by atoms with van der Waals surface area (Å²) < 4.78 is 0. The Morgan fingerprint density at radius 2 is 2.00 bits per heavy atom. The summed E-state index contributed by atoms with van der Waals surface area (Å²) in [5.74, 6) is 1.31. The van der Waals surface area contributed by atoms with Gasteiger partial charge in [-0.25, -0.2) is 0 Å². The molecule has 0 bridgehead atoms. The summed E-state index contributed by atoms with van der Waals surface area (Å²) in [4.78, 5) is 0. The predicted molar refractivity (Wildman–Crippen MR) is 40.4 cm³/mol. The Labute approximate surface area is 56.0 Å². The molecule has 1 heteroatoms. The molecule has 0 spiro atoms. The van der Waals surface area contributed by atoms with Crippen LogP contribution < -0.4 is 0 Å². The van der Waals surface area contributed by atoms with Gasteiger partial charge in [-0.15, -0.1) is 0 Å². The fraction of sp³-hybridized carbons (Fsp3) is 1.00. The minimum absolute atomic E-state index is 1.03. The molecule has 0 aromatic heterocycles. The van der Waals surface area contributed by atoms with Crippen LogP contribution in [0.15, 0.2) is 0 Å². The summed E-state index contributed by atoms with van der Waals surface area (Å²) >= 11 is 2.14. The van der Waals surface area contributed by atoms with E-state index in [1.54, 1.807) is 0 Å². The maximum Gasteiger partial charge on any atom is 0.00469 e. The van der Waals surface area contributed by atoms with Crippen molar-refractivity contribution in [3.63, 3.8) is 0 Å². The molecule has 1 fully saturated rings. The Bertz CT molecular complexity index is 55.4. The molecule has 0 atom stereocenters. The minimum Gasteiger partial charge on any atom is -0.159 e. The Kier molecular flexibility index (Phi) is 2.74. The predicted octanol–water partition coefficient (Wildman–Crippen LogP) is 2.68. The molecule has 0 aliphatic heterocycles. The highest BCUT2D eigenvalue weighted by Gasteiger charge is 2.13. The van der Waals surface area contributed by atoms with Gasteiger partial charge in [0.2, 0.25) is 0 Å². The van der Waals surface area contributed by atoms with E-state index in [1.807, 2.05) is 0 Å². The molecule has 0 aromatic rings. The molecule has 0 heterocycles. The number of hydrogen-bond acceptors (Lipinski definition) is 1. The van der Waals surface area contributed by atoms with Gasteiger partial charge in [-0.3, -0.25) is 0 Å². The van der Waals surface area contributed by atoms with Gasteiger partial charge in [-0.2, -0.15) is 11.8 Å². The van der Waals surface area contributed by atoms with E-state index >= 15 is 0 Å². The monoisotopic (exact) mass is 130 g/mol. The van der Waals surface area contributed by atoms with Crippen LogP contribution in [-0.2, 0) is 0 Å². The summed E-state index contributed by atoms with van der Waals surface area (Å²) in [5.41, 5.74) is 0. The van der Waals surface area contributed by atoms with Gasteiger partial charge in [0.15, 0.2) is 0 Å². The van der Waals surface area contributed by atoms with Gasteiger partial charge in [0.05, 0.1) is 0 Å². The first-order valence-electron chi connectivity index (χ1n) is 3.55. The molecule has 8 heavy (non-hydrogen) atoms. The molecular formula is C7H14S. The summed E-state index contributed by atoms with van der Waals surface area (Å²) in [6.45, 7) is 2.25. The van der Waals surface area contributed by atoms with E-state index in [1.165, 1.54) is 31.4 Å². The van der Waals surface area contributed by atoms with Crippen molar-refractivity contribution in [3.8, 4) is 0 Å². The van der Waals surface area contributed by atoms with E-state index in [-0.39, 0.29) is 0 Å². The van der Waals surface area contributed by atoms with Crippen LogP contribution in [0, 0.1) is 0 Å². The van der Waals surface area contributed by atoms with Crippen molar-refractivity contribution >= 4 is 11.8 Å².